The van der Waals surface area contributed by atoms with Gasteiger partial charge in [0.25, 0.3) is 0 Å². The summed E-state index contributed by atoms with van der Waals surface area (Å²) in [4.78, 5) is 118. The van der Waals surface area contributed by atoms with Crippen molar-refractivity contribution < 1.29 is 100 Å². The maximum absolute atomic E-state index is 13.5. The van der Waals surface area contributed by atoms with E-state index in [9.17, 15) is 53.4 Å². The fourth-order valence-corrected chi connectivity index (χ4v) is 22.8. The number of hydrogen-bond acceptors (Lipinski definition) is 24. The lowest BCUT2D eigenvalue weighted by Gasteiger charge is -2.41. The van der Waals surface area contributed by atoms with Gasteiger partial charge in [-0.1, -0.05) is 75.5 Å². The predicted molar refractivity (Wildman–Crippen MR) is 572 cm³/mol. The minimum atomic E-state index is -1.24. The van der Waals surface area contributed by atoms with Crippen LogP contribution < -0.4 is 81.2 Å². The zero-order chi connectivity index (χ0) is 103. The number of carbonyl (C=O) groups excluding carboxylic acids is 8. The van der Waals surface area contributed by atoms with Gasteiger partial charge in [-0.3, -0.25) is 0 Å². The summed E-state index contributed by atoms with van der Waals surface area (Å²) < 4.78 is 63.4. The molecule has 6 unspecified atom stereocenters. The lowest BCUT2D eigenvalue weighted by Crippen LogP contribution is -2.43. The van der Waals surface area contributed by atoms with E-state index in [0.717, 1.165) is 251 Å². The van der Waals surface area contributed by atoms with E-state index in [1.54, 1.807) is 66.6 Å². The number of carbonyl (C=O) groups is 9. The molecular formula is C116H141N12O21+. The molecule has 6 amide bonds. The normalized spacial score (nSPS) is 19.8. The molecule has 7 aromatic carbocycles. The van der Waals surface area contributed by atoms with Crippen molar-refractivity contribution in [3.05, 3.63) is 226 Å². The second-order valence-corrected chi connectivity index (χ2v) is 38.5. The summed E-state index contributed by atoms with van der Waals surface area (Å²) >= 11 is 0. The van der Waals surface area contributed by atoms with Gasteiger partial charge in [0, 0.05) is 271 Å². The molecule has 6 atom stereocenters. The molecule has 6 fully saturated rings. The van der Waals surface area contributed by atoms with Gasteiger partial charge in [-0.25, -0.2) is 47.5 Å². The average Bonchev–Trinajstić information content (AvgIpc) is 1.56. The van der Waals surface area contributed by atoms with E-state index in [0.29, 0.717) is 116 Å². The molecule has 7 aromatic rings. The Morgan fingerprint density at radius 3 is 1.08 bits per heavy atom. The zero-order valence-electron chi connectivity index (χ0n) is 84.5. The molecule has 790 valence electrons. The van der Waals surface area contributed by atoms with E-state index in [1.807, 2.05) is 97.1 Å². The third-order valence-electron chi connectivity index (χ3n) is 30.0. The van der Waals surface area contributed by atoms with E-state index < -0.39 is 54.1 Å². The van der Waals surface area contributed by atoms with Crippen LogP contribution in [-0.2, 0) is 38.8 Å². The van der Waals surface area contributed by atoms with Gasteiger partial charge in [0.2, 0.25) is 10.7 Å². The first-order valence-electron chi connectivity index (χ1n) is 52.0. The number of carboxylic acid groups (broad SMARTS) is 2. The number of anilines is 4. The molecule has 7 N–H and O–H groups in total. The monoisotopic (exact) mass is 2040 g/mol. The van der Waals surface area contributed by atoms with Crippen LogP contribution in [0.5, 0.6) is 11.5 Å². The number of piperidine rings is 6. The molecule has 33 nitrogen and oxygen atoms in total. The smallest absolute Gasteiger partial charge is 0.406 e. The van der Waals surface area contributed by atoms with Crippen LogP contribution in [0.2, 0.25) is 0 Å². The highest BCUT2D eigenvalue weighted by Gasteiger charge is 2.54. The van der Waals surface area contributed by atoms with Crippen molar-refractivity contribution in [1.29, 1.82) is 0 Å². The van der Waals surface area contributed by atoms with E-state index in [4.69, 9.17) is 46.7 Å². The molecule has 10 heterocycles. The standard InChI is InChI=1S/3C38H44N4O7.2CH4/c1-39-36(44)46-21-17-25-9-5-7-19-41(25)27-13-15-31-33(23-27)48-34-24-28(42-20-8-6-10-26(42)18-22-47-37(45)40-2)14-16-32(34)38(31)30-12-4-3-11-29(30)35(43)49-38;2*1-39-37(45)47-21-17-25-9-5-7-19-41(25)27-13-15-31-33(23-27)49-34-24-28(42-20-8-6-10-26(42)18-22-48-38(46)40-2)14-16-32(34)35(31)29-11-3-4-12-30(29)36(43)44;;/h3-4,11-16,23-26H,5-10,17-22H2,1-2H3,(H,39,44)(H,40,45);2*3-4,11-16,23-26H,5-10,17-22H2,1-2H3,(H2-,39,40,43,44,45,46);2*1H4/p+1. The number of aromatic carboxylic acids is 2. The Morgan fingerprint density at radius 1 is 0.369 bits per heavy atom. The highest BCUT2D eigenvalue weighted by Crippen LogP contribution is 2.58. The first-order chi connectivity index (χ1) is 71.7. The molecule has 19 rings (SSSR count). The summed E-state index contributed by atoms with van der Waals surface area (Å²) in [7, 11) is 9.33. The number of nitrogens with zero attached hydrogens (tertiary/aromatic N) is 6. The van der Waals surface area contributed by atoms with Crippen molar-refractivity contribution in [3.63, 3.8) is 0 Å². The molecule has 0 saturated carbocycles. The lowest BCUT2D eigenvalue weighted by atomic mass is 9.77. The molecule has 0 radical (unpaired) electrons. The summed E-state index contributed by atoms with van der Waals surface area (Å²) in [5.41, 5.74) is 11.9. The van der Waals surface area contributed by atoms with Crippen LogP contribution in [0.1, 0.15) is 217 Å². The second kappa shape index (κ2) is 50.6. The van der Waals surface area contributed by atoms with E-state index >= 15 is 0 Å². The lowest BCUT2D eigenvalue weighted by molar-refractivity contribution is -0.255. The Morgan fingerprint density at radius 2 is 0.705 bits per heavy atom. The number of hydrogen-bond donors (Lipinski definition) is 7. The third kappa shape index (κ3) is 24.5. The Hall–Kier alpha value is -15.1. The number of nitrogens with one attached hydrogen (secondary N) is 6. The number of esters is 1. The summed E-state index contributed by atoms with van der Waals surface area (Å²) in [5, 5.41) is 41.2. The molecule has 1 spiro atoms. The maximum Gasteiger partial charge on any atom is 0.406 e. The Kier molecular flexibility index (Phi) is 36.7. The van der Waals surface area contributed by atoms with Gasteiger partial charge in [-0.15, -0.1) is 0 Å². The van der Waals surface area contributed by atoms with Crippen molar-refractivity contribution in [3.8, 4) is 56.4 Å². The van der Waals surface area contributed by atoms with Gasteiger partial charge in [-0.2, -0.15) is 0 Å². The SMILES string of the molecule is C.C.CNC(=O)OCCC1CCCCN1c1ccc2c(-c3ccccc3C(=O)O)c3ccc(=[N+]4CCCCC4CCOC(=O)NC)cc-3oc2c1.CNC(=O)OCCC1CCCCN1c1ccc2c(-c3ccccc3C(=O)[O-])c3ccc(=[N+]4CCCCC4CCOC(=O)NC)cc-3oc2c1.CNC(=O)OCCC1CCCCN1c1ccc2c(c1)Oc1cc(N3CCCCC3CCOC(=O)NC)ccc1C21OC(=O)c2ccccc21. The molecule has 12 aliphatic rings. The topological polar surface area (TPSA) is 388 Å². The fraction of sp³-hybridized carbons (Fsp3) is 0.440. The quantitative estimate of drug-likeness (QED) is 0.0115. The molecule has 0 aromatic heterocycles. The maximum atomic E-state index is 13.5. The number of amides is 6. The third-order valence-corrected chi connectivity index (χ3v) is 30.0. The average molecular weight is 2040 g/mol. The summed E-state index contributed by atoms with van der Waals surface area (Å²) in [6, 6.07) is 59.9. The molecule has 2 aliphatic carbocycles. The van der Waals surface area contributed by atoms with Gasteiger partial charge < -0.3 is 113 Å². The number of alkyl carbamates (subject to hydrolysis) is 6. The van der Waals surface area contributed by atoms with Crippen LogP contribution in [0.3, 0.4) is 0 Å². The molecule has 149 heavy (non-hydrogen) atoms. The predicted octanol–water partition coefficient (Wildman–Crippen LogP) is 18.6. The van der Waals surface area contributed by atoms with Gasteiger partial charge in [0.05, 0.1) is 68.9 Å². The van der Waals surface area contributed by atoms with Gasteiger partial charge in [-0.05, 0) is 174 Å². The van der Waals surface area contributed by atoms with Gasteiger partial charge >= 0.3 is 48.5 Å². The molecule has 33 heteroatoms. The van der Waals surface area contributed by atoms with Crippen LogP contribution in [0.25, 0.3) is 66.8 Å². The summed E-state index contributed by atoms with van der Waals surface area (Å²) in [6.07, 6.45) is 20.7. The number of fused-ring (bicyclic) bond motifs is 10. The second-order valence-electron chi connectivity index (χ2n) is 38.5. The number of benzene rings is 9. The highest BCUT2D eigenvalue weighted by atomic mass is 16.6. The van der Waals surface area contributed by atoms with Crippen molar-refractivity contribution in [2.24, 2.45) is 0 Å². The van der Waals surface area contributed by atoms with Gasteiger partial charge in [0.1, 0.15) is 47.3 Å². The Bertz CT molecular complexity index is 6360. The first-order valence-corrected chi connectivity index (χ1v) is 52.0. The number of rotatable bonds is 26. The number of carboxylic acids is 2. The minimum Gasteiger partial charge on any atom is -0.545 e. The van der Waals surface area contributed by atoms with Crippen LogP contribution >= 0.6 is 0 Å². The summed E-state index contributed by atoms with van der Waals surface area (Å²) in [5.74, 6) is 0.00995. The Balaban J connectivity index is 0.000000166. The first kappa shape index (κ1) is 108. The summed E-state index contributed by atoms with van der Waals surface area (Å²) in [6.45, 7) is 7.24. The van der Waals surface area contributed by atoms with Crippen LogP contribution in [0.4, 0.5) is 51.5 Å². The zero-order valence-corrected chi connectivity index (χ0v) is 84.5. The van der Waals surface area contributed by atoms with Crippen molar-refractivity contribution in [1.82, 2.24) is 41.1 Å². The van der Waals surface area contributed by atoms with Crippen molar-refractivity contribution >= 4 is 99.2 Å². The molecular weight excluding hydrogens is 1900 g/mol. The number of ether oxygens (including phenoxy) is 8. The highest BCUT2D eigenvalue weighted by molar-refractivity contribution is 6.09. The van der Waals surface area contributed by atoms with Gasteiger partial charge in [0.15, 0.2) is 17.7 Å². The Labute approximate surface area is 869 Å². The van der Waals surface area contributed by atoms with Crippen molar-refractivity contribution in [2.75, 3.05) is 141 Å². The van der Waals surface area contributed by atoms with Crippen LogP contribution in [0, 0.1) is 0 Å². The minimum absolute atomic E-state index is 0. The van der Waals surface area contributed by atoms with E-state index in [1.165, 1.54) is 0 Å². The molecule has 6 saturated heterocycles. The molecule has 10 aliphatic heterocycles. The van der Waals surface area contributed by atoms with E-state index in [2.05, 4.69) is 121 Å². The van der Waals surface area contributed by atoms with E-state index in [-0.39, 0.29) is 68.2 Å². The molecule has 0 bridgehead atoms. The largest absolute Gasteiger partial charge is 0.545 e. The fourth-order valence-electron chi connectivity index (χ4n) is 22.8. The van der Waals surface area contributed by atoms with Crippen LogP contribution in [0.15, 0.2) is 191 Å². The van der Waals surface area contributed by atoms with Crippen molar-refractivity contribution in [2.45, 2.75) is 211 Å². The van der Waals surface area contributed by atoms with Crippen LogP contribution in [-0.4, -0.2) is 217 Å².